The van der Waals surface area contributed by atoms with Gasteiger partial charge in [0.05, 0.1) is 16.6 Å². The number of anilines is 1. The maximum atomic E-state index is 13.3. The van der Waals surface area contributed by atoms with Crippen LogP contribution in [0.1, 0.15) is 45.0 Å². The van der Waals surface area contributed by atoms with E-state index in [9.17, 15) is 17.2 Å². The van der Waals surface area contributed by atoms with E-state index in [2.05, 4.69) is 44.1 Å². The first-order valence-corrected chi connectivity index (χ1v) is 13.0. The minimum absolute atomic E-state index is 0.109. The summed E-state index contributed by atoms with van der Waals surface area (Å²) >= 11 is 0.729. The van der Waals surface area contributed by atoms with Gasteiger partial charge in [0.15, 0.2) is 5.01 Å². The third-order valence-corrected chi connectivity index (χ3v) is 8.55. The van der Waals surface area contributed by atoms with Gasteiger partial charge < -0.3 is 10.2 Å². The molecule has 0 bridgehead atoms. The highest BCUT2D eigenvalue weighted by atomic mass is 32.2. The first-order chi connectivity index (χ1) is 15.5. The molecular formula is C20H25F2N7O2S2. The Kier molecular flexibility index (Phi) is 5.42. The highest BCUT2D eigenvalue weighted by molar-refractivity contribution is 7.89. The molecule has 33 heavy (non-hydrogen) atoms. The molecule has 5 rings (SSSR count). The number of piperazine rings is 1. The van der Waals surface area contributed by atoms with Crippen LogP contribution in [0.4, 0.5) is 14.5 Å². The molecule has 1 saturated heterocycles. The Morgan fingerprint density at radius 3 is 2.52 bits per heavy atom. The molecule has 1 aliphatic heterocycles. The van der Waals surface area contributed by atoms with E-state index in [1.807, 2.05) is 6.92 Å². The molecule has 13 heteroatoms. The molecule has 9 nitrogen and oxygen atoms in total. The number of benzene rings is 1. The third kappa shape index (κ3) is 4.34. The van der Waals surface area contributed by atoms with E-state index in [0.717, 1.165) is 35.3 Å². The van der Waals surface area contributed by atoms with Gasteiger partial charge in [-0.25, -0.2) is 26.6 Å². The number of aromatic nitrogens is 4. The Labute approximate surface area is 194 Å². The lowest BCUT2D eigenvalue weighted by Gasteiger charge is -2.38. The summed E-state index contributed by atoms with van der Waals surface area (Å²) in [7, 11) is -3.81. The van der Waals surface area contributed by atoms with E-state index in [-0.39, 0.29) is 22.1 Å². The topological polar surface area (TPSA) is 105 Å². The van der Waals surface area contributed by atoms with Crippen molar-refractivity contribution in [1.82, 2.24) is 30.0 Å². The first-order valence-electron chi connectivity index (χ1n) is 10.7. The van der Waals surface area contributed by atoms with Crippen LogP contribution in [0.5, 0.6) is 0 Å². The van der Waals surface area contributed by atoms with Gasteiger partial charge >= 0.3 is 0 Å². The van der Waals surface area contributed by atoms with Crippen molar-refractivity contribution in [2.45, 2.75) is 62.6 Å². The fraction of sp³-hybridized carbons (Fsp3) is 0.550. The van der Waals surface area contributed by atoms with Crippen LogP contribution in [0, 0.1) is 0 Å². The number of hydrogen-bond donors (Lipinski definition) is 2. The average Bonchev–Trinajstić information content (AvgIpc) is 3.14. The standard InChI is InChI=1S/C20H25F2N7O2S2/c1-11-9-28(10-12(2)24-11)15-6-13(33(30,31)27-20(3)4-5-20)7-16-14(15)8-23-29(16)19-26-25-18(32-19)17(21)22/h6-8,11-12,17,24,27H,4-5,9-10H2,1-3H3/t11-,12-/m1/s1. The molecule has 2 atom stereocenters. The highest BCUT2D eigenvalue weighted by Gasteiger charge is 2.41. The van der Waals surface area contributed by atoms with Crippen LogP contribution < -0.4 is 14.9 Å². The van der Waals surface area contributed by atoms with Gasteiger partial charge in [-0.1, -0.05) is 11.3 Å². The average molecular weight is 498 g/mol. The van der Waals surface area contributed by atoms with Gasteiger partial charge in [0.2, 0.25) is 15.2 Å². The number of nitrogens with one attached hydrogen (secondary N) is 2. The van der Waals surface area contributed by atoms with E-state index in [1.165, 1.54) is 10.7 Å². The molecule has 3 aromatic rings. The Hall–Kier alpha value is -2.22. The number of rotatable bonds is 6. The second-order valence-corrected chi connectivity index (χ2v) is 11.9. The molecule has 2 fully saturated rings. The summed E-state index contributed by atoms with van der Waals surface area (Å²) in [6.07, 6.45) is 0.454. The number of halogens is 2. The van der Waals surface area contributed by atoms with Crippen molar-refractivity contribution in [1.29, 1.82) is 0 Å². The van der Waals surface area contributed by atoms with Crippen LogP contribution in [0.3, 0.4) is 0 Å². The summed E-state index contributed by atoms with van der Waals surface area (Å²) in [6.45, 7) is 7.40. The summed E-state index contributed by atoms with van der Waals surface area (Å²) < 4.78 is 56.9. The molecule has 0 amide bonds. The maximum absolute atomic E-state index is 13.3. The van der Waals surface area contributed by atoms with Crippen LogP contribution >= 0.6 is 11.3 Å². The van der Waals surface area contributed by atoms with Gasteiger partial charge in [-0.3, -0.25) is 0 Å². The zero-order valence-electron chi connectivity index (χ0n) is 18.4. The largest absolute Gasteiger partial charge is 0.368 e. The Bertz CT molecular complexity index is 1290. The smallest absolute Gasteiger partial charge is 0.291 e. The summed E-state index contributed by atoms with van der Waals surface area (Å²) in [4.78, 5) is 2.25. The van der Waals surface area contributed by atoms with Gasteiger partial charge in [-0.15, -0.1) is 10.2 Å². The highest BCUT2D eigenvalue weighted by Crippen LogP contribution is 2.38. The predicted octanol–water partition coefficient (Wildman–Crippen LogP) is 2.83. The lowest BCUT2D eigenvalue weighted by atomic mass is 10.1. The van der Waals surface area contributed by atoms with Crippen molar-refractivity contribution in [3.8, 4) is 5.13 Å². The number of hydrogen-bond acceptors (Lipinski definition) is 8. The van der Waals surface area contributed by atoms with Gasteiger partial charge in [-0.2, -0.15) is 5.10 Å². The van der Waals surface area contributed by atoms with E-state index in [1.54, 1.807) is 12.3 Å². The molecule has 178 valence electrons. The number of nitrogens with zero attached hydrogens (tertiary/aromatic N) is 5. The van der Waals surface area contributed by atoms with Crippen molar-refractivity contribution in [2.75, 3.05) is 18.0 Å². The monoisotopic (exact) mass is 497 g/mol. The summed E-state index contributed by atoms with van der Waals surface area (Å²) in [5.41, 5.74) is 0.779. The predicted molar refractivity (Wildman–Crippen MR) is 122 cm³/mol. The Balaban J connectivity index is 1.67. The third-order valence-electron chi connectivity index (χ3n) is 6.03. The minimum Gasteiger partial charge on any atom is -0.368 e. The van der Waals surface area contributed by atoms with Gasteiger partial charge in [-0.05, 0) is 45.7 Å². The SMILES string of the molecule is C[C@@H]1CN(c2cc(S(=O)(=O)NC3(C)CC3)cc3c2cnn3-c2nnc(C(F)F)s2)C[C@@H](C)N1. The summed E-state index contributed by atoms with van der Waals surface area (Å²) in [5.74, 6) is 0. The van der Waals surface area contributed by atoms with Crippen molar-refractivity contribution in [3.63, 3.8) is 0 Å². The van der Waals surface area contributed by atoms with E-state index in [0.29, 0.717) is 18.6 Å². The van der Waals surface area contributed by atoms with Crippen LogP contribution in [0.15, 0.2) is 23.2 Å². The molecular weight excluding hydrogens is 472 g/mol. The molecule has 0 radical (unpaired) electrons. The summed E-state index contributed by atoms with van der Waals surface area (Å²) in [5, 5.41) is 15.7. The first kappa shape index (κ1) is 22.6. The van der Waals surface area contributed by atoms with Gasteiger partial charge in [0.25, 0.3) is 6.43 Å². The van der Waals surface area contributed by atoms with Crippen LogP contribution in [0.2, 0.25) is 0 Å². The minimum atomic E-state index is -3.81. The van der Waals surface area contributed by atoms with Crippen molar-refractivity contribution in [2.24, 2.45) is 0 Å². The summed E-state index contributed by atoms with van der Waals surface area (Å²) in [6, 6.07) is 3.62. The fourth-order valence-electron chi connectivity index (χ4n) is 4.25. The second-order valence-electron chi connectivity index (χ2n) is 9.20. The molecule has 1 saturated carbocycles. The molecule has 2 aliphatic rings. The van der Waals surface area contributed by atoms with Gasteiger partial charge in [0, 0.05) is 41.8 Å². The van der Waals surface area contributed by atoms with Crippen molar-refractivity contribution >= 4 is 38.0 Å². The van der Waals surface area contributed by atoms with Gasteiger partial charge in [0.1, 0.15) is 0 Å². The molecule has 0 unspecified atom stereocenters. The van der Waals surface area contributed by atoms with Crippen LogP contribution in [-0.4, -0.2) is 59.1 Å². The molecule has 1 aliphatic carbocycles. The van der Waals surface area contributed by atoms with Crippen LogP contribution in [-0.2, 0) is 10.0 Å². The Morgan fingerprint density at radius 2 is 1.91 bits per heavy atom. The maximum Gasteiger partial charge on any atom is 0.291 e. The lowest BCUT2D eigenvalue weighted by molar-refractivity contribution is 0.150. The molecule has 3 heterocycles. The Morgan fingerprint density at radius 1 is 1.21 bits per heavy atom. The normalized spacial score (nSPS) is 22.9. The van der Waals surface area contributed by atoms with Crippen molar-refractivity contribution < 1.29 is 17.2 Å². The molecule has 1 aromatic carbocycles. The zero-order chi connectivity index (χ0) is 23.5. The molecule has 2 N–H and O–H groups in total. The number of alkyl halides is 2. The second kappa shape index (κ2) is 7.93. The molecule has 0 spiro atoms. The van der Waals surface area contributed by atoms with E-state index >= 15 is 0 Å². The lowest BCUT2D eigenvalue weighted by Crippen LogP contribution is -2.54. The van der Waals surface area contributed by atoms with Crippen molar-refractivity contribution in [3.05, 3.63) is 23.3 Å². The van der Waals surface area contributed by atoms with E-state index in [4.69, 9.17) is 0 Å². The number of fused-ring (bicyclic) bond motifs is 1. The fourth-order valence-corrected chi connectivity index (χ4v) is 6.42. The molecule has 2 aromatic heterocycles. The quantitative estimate of drug-likeness (QED) is 0.540. The van der Waals surface area contributed by atoms with E-state index < -0.39 is 27.0 Å². The van der Waals surface area contributed by atoms with Crippen LogP contribution in [0.25, 0.3) is 16.0 Å². The number of sulfonamides is 1. The zero-order valence-corrected chi connectivity index (χ0v) is 20.1.